The van der Waals surface area contributed by atoms with Crippen molar-refractivity contribution in [2.24, 2.45) is 0 Å². The zero-order chi connectivity index (χ0) is 21.6. The Morgan fingerprint density at radius 1 is 1.13 bits per heavy atom. The summed E-state index contributed by atoms with van der Waals surface area (Å²) in [5, 5.41) is 0. The molecule has 0 spiro atoms. The number of benzene rings is 2. The number of aryl methyl sites for hydroxylation is 1. The van der Waals surface area contributed by atoms with Gasteiger partial charge in [-0.2, -0.15) is 0 Å². The average Bonchev–Trinajstić information content (AvgIpc) is 3.30. The van der Waals surface area contributed by atoms with Crippen LogP contribution >= 0.6 is 0 Å². The highest BCUT2D eigenvalue weighted by Gasteiger charge is 2.29. The van der Waals surface area contributed by atoms with Crippen molar-refractivity contribution >= 4 is 0 Å². The summed E-state index contributed by atoms with van der Waals surface area (Å²) in [7, 11) is 1.70. The Hall–Kier alpha value is -2.63. The summed E-state index contributed by atoms with van der Waals surface area (Å²) >= 11 is 0. The zero-order valence-electron chi connectivity index (χ0n) is 18.8. The lowest BCUT2D eigenvalue weighted by Crippen LogP contribution is -2.40. The number of rotatable bonds is 8. The minimum Gasteiger partial charge on any atom is -0.497 e. The van der Waals surface area contributed by atoms with Gasteiger partial charge in [0.15, 0.2) is 0 Å². The van der Waals surface area contributed by atoms with Crippen LogP contribution in [-0.2, 0) is 17.8 Å². The molecule has 1 fully saturated rings. The topological polar surface area (TPSA) is 39.5 Å². The van der Waals surface area contributed by atoms with E-state index in [1.54, 1.807) is 7.11 Å². The van der Waals surface area contributed by atoms with Gasteiger partial charge in [0.25, 0.3) is 0 Å². The Labute approximate surface area is 185 Å². The molecule has 0 aliphatic carbocycles. The molecule has 0 radical (unpaired) electrons. The van der Waals surface area contributed by atoms with E-state index in [1.165, 1.54) is 16.7 Å². The van der Waals surface area contributed by atoms with E-state index in [0.717, 1.165) is 50.7 Å². The molecule has 5 nitrogen and oxygen atoms in total. The van der Waals surface area contributed by atoms with E-state index < -0.39 is 0 Å². The van der Waals surface area contributed by atoms with E-state index in [1.807, 2.05) is 18.3 Å². The van der Waals surface area contributed by atoms with Crippen molar-refractivity contribution in [2.75, 3.05) is 20.3 Å². The fraction of sp³-hybridized carbons (Fsp3) is 0.423. The fourth-order valence-electron chi connectivity index (χ4n) is 4.60. The van der Waals surface area contributed by atoms with Crippen molar-refractivity contribution in [3.63, 3.8) is 0 Å². The lowest BCUT2D eigenvalue weighted by Gasteiger charge is -2.37. The summed E-state index contributed by atoms with van der Waals surface area (Å²) in [4.78, 5) is 7.15. The number of nitrogens with zero attached hydrogens (tertiary/aromatic N) is 3. The number of hydrogen-bond acceptors (Lipinski definition) is 4. The molecule has 2 atom stereocenters. The predicted octanol–water partition coefficient (Wildman–Crippen LogP) is 5.32. The van der Waals surface area contributed by atoms with Crippen LogP contribution in [0.1, 0.15) is 44.2 Å². The molecule has 1 saturated heterocycles. The van der Waals surface area contributed by atoms with E-state index in [-0.39, 0.29) is 6.10 Å². The number of ether oxygens (including phenoxy) is 2. The first-order chi connectivity index (χ1) is 15.2. The standard InChI is InChI=1S/C26H33N3O2/c1-4-28-16-15-27-26(28)19-29(5-2)21-14-17-31-25(18-21)24-9-7-6-8-23(24)20-10-12-22(30-3)13-11-20/h6-13,15-16,21,25H,4-5,14,17-19H2,1-3H3/t21-,25+/m0/s1. The van der Waals surface area contributed by atoms with Crippen LogP contribution in [0.5, 0.6) is 5.75 Å². The van der Waals surface area contributed by atoms with Gasteiger partial charge in [-0.1, -0.05) is 43.3 Å². The molecular weight excluding hydrogens is 386 g/mol. The molecule has 1 aliphatic rings. The molecule has 0 amide bonds. The van der Waals surface area contributed by atoms with Crippen LogP contribution in [0.4, 0.5) is 0 Å². The lowest BCUT2D eigenvalue weighted by atomic mass is 9.90. The smallest absolute Gasteiger partial charge is 0.122 e. The van der Waals surface area contributed by atoms with Gasteiger partial charge in [-0.15, -0.1) is 0 Å². The molecule has 0 bridgehead atoms. The van der Waals surface area contributed by atoms with Gasteiger partial charge in [-0.05, 0) is 55.1 Å². The summed E-state index contributed by atoms with van der Waals surface area (Å²) in [6.07, 6.45) is 6.12. The van der Waals surface area contributed by atoms with E-state index in [9.17, 15) is 0 Å². The first kappa shape index (κ1) is 21.6. The molecule has 164 valence electrons. The second-order valence-electron chi connectivity index (χ2n) is 8.05. The van der Waals surface area contributed by atoms with Crippen molar-refractivity contribution in [2.45, 2.75) is 51.9 Å². The average molecular weight is 420 g/mol. The van der Waals surface area contributed by atoms with Crippen LogP contribution < -0.4 is 4.74 Å². The summed E-state index contributed by atoms with van der Waals surface area (Å²) < 4.78 is 13.9. The molecule has 0 N–H and O–H groups in total. The van der Waals surface area contributed by atoms with Crippen LogP contribution in [0.25, 0.3) is 11.1 Å². The molecule has 5 heteroatoms. The summed E-state index contributed by atoms with van der Waals surface area (Å²) in [6.45, 7) is 8.05. The molecule has 31 heavy (non-hydrogen) atoms. The molecule has 2 aromatic carbocycles. The third kappa shape index (κ3) is 4.83. The Bertz CT molecular complexity index is 967. The highest BCUT2D eigenvalue weighted by Crippen LogP contribution is 2.37. The Kier molecular flexibility index (Phi) is 7.05. The highest BCUT2D eigenvalue weighted by molar-refractivity contribution is 5.68. The molecule has 4 rings (SSSR count). The zero-order valence-corrected chi connectivity index (χ0v) is 18.8. The van der Waals surface area contributed by atoms with Crippen LogP contribution in [-0.4, -0.2) is 40.8 Å². The maximum Gasteiger partial charge on any atom is 0.122 e. The van der Waals surface area contributed by atoms with E-state index >= 15 is 0 Å². The van der Waals surface area contributed by atoms with Crippen molar-refractivity contribution in [1.29, 1.82) is 0 Å². The SMILES string of the molecule is CCN(Cc1nccn1CC)[C@H]1CCO[C@@H](c2ccccc2-c2ccc(OC)cc2)C1. The number of aromatic nitrogens is 2. The van der Waals surface area contributed by atoms with Crippen LogP contribution in [0, 0.1) is 0 Å². The maximum absolute atomic E-state index is 6.30. The third-order valence-electron chi connectivity index (χ3n) is 6.37. The molecular formula is C26H33N3O2. The van der Waals surface area contributed by atoms with Crippen LogP contribution in [0.2, 0.25) is 0 Å². The highest BCUT2D eigenvalue weighted by atomic mass is 16.5. The monoisotopic (exact) mass is 419 g/mol. The second kappa shape index (κ2) is 10.1. The van der Waals surface area contributed by atoms with Gasteiger partial charge in [-0.3, -0.25) is 4.90 Å². The van der Waals surface area contributed by atoms with Crippen molar-refractivity contribution in [3.05, 3.63) is 72.3 Å². The van der Waals surface area contributed by atoms with Crippen molar-refractivity contribution < 1.29 is 9.47 Å². The van der Waals surface area contributed by atoms with Gasteiger partial charge >= 0.3 is 0 Å². The number of imidazole rings is 1. The van der Waals surface area contributed by atoms with E-state index in [0.29, 0.717) is 6.04 Å². The Balaban J connectivity index is 1.54. The molecule has 0 saturated carbocycles. The van der Waals surface area contributed by atoms with Gasteiger partial charge in [-0.25, -0.2) is 4.98 Å². The molecule has 1 aromatic heterocycles. The molecule has 3 aromatic rings. The minimum absolute atomic E-state index is 0.0945. The van der Waals surface area contributed by atoms with Gasteiger partial charge in [0.1, 0.15) is 11.6 Å². The van der Waals surface area contributed by atoms with E-state index in [2.05, 4.69) is 70.9 Å². The third-order valence-corrected chi connectivity index (χ3v) is 6.37. The number of methoxy groups -OCH3 is 1. The molecule has 2 heterocycles. The largest absolute Gasteiger partial charge is 0.497 e. The van der Waals surface area contributed by atoms with Gasteiger partial charge < -0.3 is 14.0 Å². The first-order valence-corrected chi connectivity index (χ1v) is 11.3. The number of hydrogen-bond donors (Lipinski definition) is 0. The molecule has 0 unspecified atom stereocenters. The first-order valence-electron chi connectivity index (χ1n) is 11.3. The van der Waals surface area contributed by atoms with Crippen LogP contribution in [0.3, 0.4) is 0 Å². The van der Waals surface area contributed by atoms with Crippen molar-refractivity contribution in [3.8, 4) is 16.9 Å². The fourth-order valence-corrected chi connectivity index (χ4v) is 4.60. The lowest BCUT2D eigenvalue weighted by molar-refractivity contribution is -0.0298. The molecule has 1 aliphatic heterocycles. The predicted molar refractivity (Wildman–Crippen MR) is 124 cm³/mol. The Morgan fingerprint density at radius 2 is 1.94 bits per heavy atom. The van der Waals surface area contributed by atoms with Crippen molar-refractivity contribution in [1.82, 2.24) is 14.5 Å². The van der Waals surface area contributed by atoms with E-state index in [4.69, 9.17) is 9.47 Å². The second-order valence-corrected chi connectivity index (χ2v) is 8.05. The summed E-state index contributed by atoms with van der Waals surface area (Å²) in [5.41, 5.74) is 3.70. The van der Waals surface area contributed by atoms with Gasteiger partial charge in [0.05, 0.1) is 19.8 Å². The summed E-state index contributed by atoms with van der Waals surface area (Å²) in [5.74, 6) is 2.02. The minimum atomic E-state index is 0.0945. The van der Waals surface area contributed by atoms with Crippen LogP contribution in [0.15, 0.2) is 60.9 Å². The Morgan fingerprint density at radius 3 is 2.68 bits per heavy atom. The van der Waals surface area contributed by atoms with Gasteiger partial charge in [0.2, 0.25) is 0 Å². The van der Waals surface area contributed by atoms with Gasteiger partial charge in [0, 0.05) is 31.6 Å². The summed E-state index contributed by atoms with van der Waals surface area (Å²) in [6, 6.07) is 17.4. The maximum atomic E-state index is 6.30. The normalized spacial score (nSPS) is 19.0. The quantitative estimate of drug-likeness (QED) is 0.495.